The van der Waals surface area contributed by atoms with Crippen molar-refractivity contribution in [1.82, 2.24) is 4.98 Å². The van der Waals surface area contributed by atoms with Gasteiger partial charge in [-0.25, -0.2) is 9.78 Å². The molecule has 17 heavy (non-hydrogen) atoms. The number of carboxylic acid groups (broad SMARTS) is 1. The molecule has 1 saturated carbocycles. The fourth-order valence-electron chi connectivity index (χ4n) is 2.00. The highest BCUT2D eigenvalue weighted by Crippen LogP contribution is 2.24. The number of rotatable bonds is 3. The summed E-state index contributed by atoms with van der Waals surface area (Å²) < 4.78 is 5.67. The van der Waals surface area contributed by atoms with Gasteiger partial charge in [-0.2, -0.15) is 0 Å². The van der Waals surface area contributed by atoms with E-state index in [0.717, 1.165) is 25.7 Å². The first-order chi connectivity index (χ1) is 8.16. The Hall–Kier alpha value is -1.29. The number of carboxylic acids is 1. The molecule has 0 amide bonds. The van der Waals surface area contributed by atoms with Crippen molar-refractivity contribution < 1.29 is 14.6 Å². The van der Waals surface area contributed by atoms with Crippen molar-refractivity contribution in [1.29, 1.82) is 0 Å². The van der Waals surface area contributed by atoms with Crippen LogP contribution in [0.1, 0.15) is 42.5 Å². The maximum absolute atomic E-state index is 10.9. The van der Waals surface area contributed by atoms with Crippen LogP contribution in [0.15, 0.2) is 12.3 Å². The molecule has 0 aliphatic heterocycles. The molecule has 1 fully saturated rings. The van der Waals surface area contributed by atoms with Crippen molar-refractivity contribution in [2.75, 3.05) is 0 Å². The molecule has 1 aromatic heterocycles. The molecule has 92 valence electrons. The summed E-state index contributed by atoms with van der Waals surface area (Å²) in [7, 11) is 0. The summed E-state index contributed by atoms with van der Waals surface area (Å²) in [6.07, 6.45) is 7.05. The Bertz CT molecular complexity index is 416. The lowest BCUT2D eigenvalue weighted by molar-refractivity contribution is 0.0695. The first-order valence-electron chi connectivity index (χ1n) is 5.72. The van der Waals surface area contributed by atoms with Crippen molar-refractivity contribution in [3.8, 4) is 5.88 Å². The average Bonchev–Trinajstić information content (AvgIpc) is 2.32. The van der Waals surface area contributed by atoms with E-state index < -0.39 is 5.97 Å². The molecule has 1 heterocycles. The van der Waals surface area contributed by atoms with E-state index in [1.54, 1.807) is 0 Å². The molecule has 0 spiro atoms. The van der Waals surface area contributed by atoms with Crippen LogP contribution in [-0.4, -0.2) is 22.2 Å². The Morgan fingerprint density at radius 2 is 2.12 bits per heavy atom. The third-order valence-electron chi connectivity index (χ3n) is 2.90. The van der Waals surface area contributed by atoms with E-state index >= 15 is 0 Å². The van der Waals surface area contributed by atoms with Crippen molar-refractivity contribution >= 4 is 17.6 Å². The predicted octanol–water partition coefficient (Wildman–Crippen LogP) is 3.14. The van der Waals surface area contributed by atoms with E-state index in [1.807, 2.05) is 0 Å². The maximum atomic E-state index is 10.9. The van der Waals surface area contributed by atoms with Crippen LogP contribution in [0, 0.1) is 0 Å². The number of pyridine rings is 1. The molecule has 5 heteroatoms. The van der Waals surface area contributed by atoms with Gasteiger partial charge in [-0.15, -0.1) is 0 Å². The van der Waals surface area contributed by atoms with Crippen LogP contribution < -0.4 is 4.74 Å². The third-order valence-corrected chi connectivity index (χ3v) is 3.20. The van der Waals surface area contributed by atoms with E-state index in [2.05, 4.69) is 4.98 Å². The van der Waals surface area contributed by atoms with E-state index in [1.165, 1.54) is 18.7 Å². The Kier molecular flexibility index (Phi) is 3.84. The minimum atomic E-state index is -1.06. The molecule has 0 saturated heterocycles. The summed E-state index contributed by atoms with van der Waals surface area (Å²) in [5.74, 6) is -0.718. The van der Waals surface area contributed by atoms with Gasteiger partial charge in [0.2, 0.25) is 5.88 Å². The van der Waals surface area contributed by atoms with Crippen molar-refractivity contribution in [2.24, 2.45) is 0 Å². The van der Waals surface area contributed by atoms with Gasteiger partial charge in [-0.1, -0.05) is 18.0 Å². The highest BCUT2D eigenvalue weighted by Gasteiger charge is 2.17. The summed E-state index contributed by atoms with van der Waals surface area (Å²) in [5.41, 5.74) is 0.0347. The Morgan fingerprint density at radius 3 is 2.76 bits per heavy atom. The zero-order chi connectivity index (χ0) is 12.3. The van der Waals surface area contributed by atoms with Gasteiger partial charge in [-0.3, -0.25) is 0 Å². The number of nitrogens with zero attached hydrogens (tertiary/aromatic N) is 1. The van der Waals surface area contributed by atoms with Crippen molar-refractivity contribution in [3.05, 3.63) is 22.8 Å². The SMILES string of the molecule is O=C(O)c1cc(OC2CCCCC2)ncc1Cl. The van der Waals surface area contributed by atoms with Crippen LogP contribution in [0.3, 0.4) is 0 Å². The second-order valence-corrected chi connectivity index (χ2v) is 4.59. The Labute approximate surface area is 105 Å². The van der Waals surface area contributed by atoms with Gasteiger partial charge in [0.15, 0.2) is 0 Å². The summed E-state index contributed by atoms with van der Waals surface area (Å²) in [5, 5.41) is 9.06. The highest BCUT2D eigenvalue weighted by molar-refractivity contribution is 6.33. The maximum Gasteiger partial charge on any atom is 0.337 e. The van der Waals surface area contributed by atoms with Crippen molar-refractivity contribution in [3.63, 3.8) is 0 Å². The number of hydrogen-bond donors (Lipinski definition) is 1. The lowest BCUT2D eigenvalue weighted by Gasteiger charge is -2.22. The molecule has 1 aliphatic carbocycles. The summed E-state index contributed by atoms with van der Waals surface area (Å²) >= 11 is 5.74. The number of hydrogen-bond acceptors (Lipinski definition) is 3. The van der Waals surface area contributed by atoms with E-state index in [-0.39, 0.29) is 16.7 Å². The number of ether oxygens (including phenoxy) is 1. The lowest BCUT2D eigenvalue weighted by atomic mass is 9.98. The molecule has 0 atom stereocenters. The molecule has 0 unspecified atom stereocenters. The van der Waals surface area contributed by atoms with Crippen molar-refractivity contribution in [2.45, 2.75) is 38.2 Å². The first kappa shape index (κ1) is 12.2. The van der Waals surface area contributed by atoms with Gasteiger partial charge in [0.1, 0.15) is 6.10 Å². The van der Waals surface area contributed by atoms with E-state index in [0.29, 0.717) is 5.88 Å². The third kappa shape index (κ3) is 3.09. The Balaban J connectivity index is 2.10. The minimum Gasteiger partial charge on any atom is -0.478 e. The quantitative estimate of drug-likeness (QED) is 0.901. The monoisotopic (exact) mass is 255 g/mol. The second kappa shape index (κ2) is 5.36. The predicted molar refractivity (Wildman–Crippen MR) is 63.7 cm³/mol. The van der Waals surface area contributed by atoms with Gasteiger partial charge in [0.25, 0.3) is 0 Å². The van der Waals surface area contributed by atoms with Gasteiger partial charge >= 0.3 is 5.97 Å². The summed E-state index contributed by atoms with van der Waals surface area (Å²) in [4.78, 5) is 14.9. The van der Waals surface area contributed by atoms with Gasteiger partial charge < -0.3 is 9.84 Å². The first-order valence-corrected chi connectivity index (χ1v) is 6.10. The van der Waals surface area contributed by atoms with E-state index in [4.69, 9.17) is 21.4 Å². The van der Waals surface area contributed by atoms with Crippen LogP contribution in [0.4, 0.5) is 0 Å². The number of aromatic nitrogens is 1. The molecule has 1 aliphatic rings. The molecule has 1 aromatic rings. The molecule has 2 rings (SSSR count). The van der Waals surface area contributed by atoms with Crippen LogP contribution in [0.2, 0.25) is 5.02 Å². The van der Waals surface area contributed by atoms with Gasteiger partial charge in [-0.05, 0) is 25.7 Å². The van der Waals surface area contributed by atoms with E-state index in [9.17, 15) is 4.79 Å². The van der Waals surface area contributed by atoms with Crippen LogP contribution in [-0.2, 0) is 0 Å². The summed E-state index contributed by atoms with van der Waals surface area (Å²) in [6, 6.07) is 1.39. The zero-order valence-corrected chi connectivity index (χ0v) is 10.1. The largest absolute Gasteiger partial charge is 0.478 e. The zero-order valence-electron chi connectivity index (χ0n) is 9.36. The number of halogens is 1. The average molecular weight is 256 g/mol. The molecular formula is C12H14ClNO3. The molecular weight excluding hydrogens is 242 g/mol. The van der Waals surface area contributed by atoms with Gasteiger partial charge in [0, 0.05) is 6.07 Å². The van der Waals surface area contributed by atoms with Crippen LogP contribution >= 0.6 is 11.6 Å². The van der Waals surface area contributed by atoms with Gasteiger partial charge in [0.05, 0.1) is 16.8 Å². The van der Waals surface area contributed by atoms with Crippen LogP contribution in [0.25, 0.3) is 0 Å². The highest BCUT2D eigenvalue weighted by atomic mass is 35.5. The molecule has 1 N–H and O–H groups in total. The number of carbonyl (C=O) groups is 1. The smallest absolute Gasteiger partial charge is 0.337 e. The molecule has 0 bridgehead atoms. The second-order valence-electron chi connectivity index (χ2n) is 4.19. The fourth-order valence-corrected chi connectivity index (χ4v) is 2.19. The molecule has 4 nitrogen and oxygen atoms in total. The molecule has 0 aromatic carbocycles. The normalized spacial score (nSPS) is 16.8. The summed E-state index contributed by atoms with van der Waals surface area (Å²) in [6.45, 7) is 0. The fraction of sp³-hybridized carbons (Fsp3) is 0.500. The topological polar surface area (TPSA) is 59.4 Å². The Morgan fingerprint density at radius 1 is 1.41 bits per heavy atom. The minimum absolute atomic E-state index is 0.0347. The standard InChI is InChI=1S/C12H14ClNO3/c13-10-7-14-11(6-9(10)12(15)16)17-8-4-2-1-3-5-8/h6-8H,1-5H2,(H,15,16). The molecule has 0 radical (unpaired) electrons. The lowest BCUT2D eigenvalue weighted by Crippen LogP contribution is -2.20. The van der Waals surface area contributed by atoms with Crippen LogP contribution in [0.5, 0.6) is 5.88 Å². The number of aromatic carboxylic acids is 1.